The van der Waals surface area contributed by atoms with Crippen molar-refractivity contribution < 1.29 is 21.6 Å². The monoisotopic (exact) mass is 355 g/mol. The Morgan fingerprint density at radius 1 is 1.36 bits per heavy atom. The van der Waals surface area contributed by atoms with E-state index < -0.39 is 22.7 Å². The first-order valence-electron chi connectivity index (χ1n) is 6.24. The van der Waals surface area contributed by atoms with Crippen molar-refractivity contribution in [2.45, 2.75) is 26.1 Å². The highest BCUT2D eigenvalue weighted by Gasteiger charge is 2.31. The number of hydrogen-bond donors (Lipinski definition) is 1. The lowest BCUT2D eigenvalue weighted by Gasteiger charge is -2.09. The van der Waals surface area contributed by atoms with E-state index in [2.05, 4.69) is 9.82 Å². The van der Waals surface area contributed by atoms with Gasteiger partial charge in [0.2, 0.25) is 10.0 Å². The Balaban J connectivity index is 2.76. The van der Waals surface area contributed by atoms with E-state index in [4.69, 9.17) is 11.6 Å². The van der Waals surface area contributed by atoms with Crippen LogP contribution >= 0.6 is 11.6 Å². The second-order valence-electron chi connectivity index (χ2n) is 4.78. The van der Waals surface area contributed by atoms with Crippen molar-refractivity contribution in [1.82, 2.24) is 9.78 Å². The lowest BCUT2D eigenvalue weighted by atomic mass is 10.1. The number of halogens is 4. The van der Waals surface area contributed by atoms with E-state index in [-0.39, 0.29) is 21.7 Å². The Morgan fingerprint density at radius 2 is 2.00 bits per heavy atom. The summed E-state index contributed by atoms with van der Waals surface area (Å²) < 4.78 is 63.8. The minimum absolute atomic E-state index is 0.131. The van der Waals surface area contributed by atoms with E-state index in [1.165, 1.54) is 6.07 Å². The summed E-state index contributed by atoms with van der Waals surface area (Å²) in [5.41, 5.74) is 0.774. The largest absolute Gasteiger partial charge is 0.408 e. The molecule has 2 aromatic rings. The van der Waals surface area contributed by atoms with Crippen molar-refractivity contribution in [3.63, 3.8) is 0 Å². The van der Waals surface area contributed by atoms with Crippen LogP contribution in [-0.4, -0.2) is 30.6 Å². The van der Waals surface area contributed by atoms with Gasteiger partial charge in [-0.05, 0) is 18.1 Å². The topological polar surface area (TPSA) is 64.0 Å². The van der Waals surface area contributed by atoms with Crippen LogP contribution in [0, 0.1) is 0 Å². The number of anilines is 1. The van der Waals surface area contributed by atoms with Crippen molar-refractivity contribution in [3.05, 3.63) is 22.7 Å². The summed E-state index contributed by atoms with van der Waals surface area (Å²) in [6, 6.07) is 3.11. The summed E-state index contributed by atoms with van der Waals surface area (Å²) in [7, 11) is -3.70. The van der Waals surface area contributed by atoms with Gasteiger partial charge in [-0.2, -0.15) is 18.3 Å². The fourth-order valence-corrected chi connectivity index (χ4v) is 2.90. The molecule has 1 aromatic heterocycles. The van der Waals surface area contributed by atoms with Crippen LogP contribution < -0.4 is 4.72 Å². The lowest BCUT2D eigenvalue weighted by molar-refractivity contribution is -0.141. The number of hydrogen-bond acceptors (Lipinski definition) is 3. The van der Waals surface area contributed by atoms with Crippen LogP contribution in [0.25, 0.3) is 10.9 Å². The third-order valence-electron chi connectivity index (χ3n) is 2.92. The van der Waals surface area contributed by atoms with E-state index in [0.717, 1.165) is 10.9 Å². The molecule has 0 unspecified atom stereocenters. The second kappa shape index (κ2) is 5.62. The van der Waals surface area contributed by atoms with Gasteiger partial charge in [0.05, 0.1) is 22.2 Å². The molecule has 1 aromatic carbocycles. The summed E-state index contributed by atoms with van der Waals surface area (Å²) in [5.74, 6) is -0.206. The first kappa shape index (κ1) is 16.9. The smallest absolute Gasteiger partial charge is 0.266 e. The zero-order valence-electron chi connectivity index (χ0n) is 11.7. The molecule has 1 N–H and O–H groups in total. The van der Waals surface area contributed by atoms with Crippen molar-refractivity contribution in [1.29, 1.82) is 0 Å². The zero-order chi connectivity index (χ0) is 16.7. The van der Waals surface area contributed by atoms with Crippen molar-refractivity contribution in [3.8, 4) is 0 Å². The van der Waals surface area contributed by atoms with E-state index in [9.17, 15) is 21.6 Å². The molecule has 0 aliphatic carbocycles. The summed E-state index contributed by atoms with van der Waals surface area (Å²) >= 11 is 6.04. The average molecular weight is 356 g/mol. The van der Waals surface area contributed by atoms with Gasteiger partial charge in [0.1, 0.15) is 6.54 Å². The molecular weight excluding hydrogens is 343 g/mol. The molecule has 122 valence electrons. The lowest BCUT2D eigenvalue weighted by Crippen LogP contribution is -2.19. The summed E-state index contributed by atoms with van der Waals surface area (Å²) in [6.45, 7) is 0.444. The number of alkyl halides is 3. The highest BCUT2D eigenvalue weighted by molar-refractivity contribution is 7.92. The first-order chi connectivity index (χ1) is 10.0. The molecule has 0 radical (unpaired) electrons. The molecule has 0 amide bonds. The summed E-state index contributed by atoms with van der Waals surface area (Å²) in [5, 5.41) is 4.05. The molecule has 0 fully saturated rings. The highest BCUT2D eigenvalue weighted by Crippen LogP contribution is 2.34. The Morgan fingerprint density at radius 3 is 2.50 bits per heavy atom. The molecule has 0 saturated heterocycles. The van der Waals surface area contributed by atoms with Crippen LogP contribution in [0.5, 0.6) is 0 Å². The van der Waals surface area contributed by atoms with Gasteiger partial charge in [-0.15, -0.1) is 0 Å². The van der Waals surface area contributed by atoms with Crippen LogP contribution in [0.3, 0.4) is 0 Å². The molecule has 0 aliphatic heterocycles. The van der Waals surface area contributed by atoms with Gasteiger partial charge in [0, 0.05) is 0 Å². The quantitative estimate of drug-likeness (QED) is 0.916. The van der Waals surface area contributed by atoms with Crippen LogP contribution in [0.15, 0.2) is 12.1 Å². The van der Waals surface area contributed by atoms with Crippen molar-refractivity contribution in [2.24, 2.45) is 0 Å². The van der Waals surface area contributed by atoms with Crippen LogP contribution in [-0.2, 0) is 23.0 Å². The fourth-order valence-electron chi connectivity index (χ4n) is 2.17. The maximum atomic E-state index is 12.7. The predicted molar refractivity (Wildman–Crippen MR) is 78.6 cm³/mol. The number of rotatable bonds is 4. The number of aromatic nitrogens is 2. The highest BCUT2D eigenvalue weighted by atomic mass is 35.5. The summed E-state index contributed by atoms with van der Waals surface area (Å²) in [6.07, 6.45) is -3.15. The average Bonchev–Trinajstić information content (AvgIpc) is 2.65. The predicted octanol–water partition coefficient (Wildman–Crippen LogP) is 3.19. The van der Waals surface area contributed by atoms with Gasteiger partial charge in [-0.3, -0.25) is 9.40 Å². The van der Waals surface area contributed by atoms with Crippen LogP contribution in [0.4, 0.5) is 19.0 Å². The molecule has 0 saturated carbocycles. The molecule has 0 atom stereocenters. The van der Waals surface area contributed by atoms with Crippen LogP contribution in [0.1, 0.15) is 12.5 Å². The standard InChI is InChI=1S/C12H13ClF3N3O2S/c1-3-7-4-5-8(13)9-10(7)19(6-12(14,15)16)17-11(9)18-22(2,20)21/h4-5H,3,6H2,1-2H3,(H,17,18). The molecule has 5 nitrogen and oxygen atoms in total. The van der Waals surface area contributed by atoms with Crippen molar-refractivity contribution in [2.75, 3.05) is 11.0 Å². The van der Waals surface area contributed by atoms with E-state index in [1.807, 2.05) is 0 Å². The number of aryl methyl sites for hydroxylation is 1. The van der Waals surface area contributed by atoms with Gasteiger partial charge in [-0.1, -0.05) is 24.6 Å². The number of sulfonamides is 1. The third-order valence-corrected chi connectivity index (χ3v) is 3.80. The molecule has 1 heterocycles. The number of nitrogens with one attached hydrogen (secondary N) is 1. The number of benzene rings is 1. The third kappa shape index (κ3) is 3.64. The Labute approximate surface area is 130 Å². The first-order valence-corrected chi connectivity index (χ1v) is 8.51. The Kier molecular flexibility index (Phi) is 4.31. The molecule has 0 bridgehead atoms. The van der Waals surface area contributed by atoms with Crippen molar-refractivity contribution >= 4 is 38.3 Å². The van der Waals surface area contributed by atoms with E-state index in [1.54, 1.807) is 13.0 Å². The normalized spacial score (nSPS) is 12.8. The molecular formula is C12H13ClF3N3O2S. The van der Waals surface area contributed by atoms with E-state index in [0.29, 0.717) is 12.0 Å². The van der Waals surface area contributed by atoms with Crippen LogP contribution in [0.2, 0.25) is 5.02 Å². The minimum Gasteiger partial charge on any atom is -0.266 e. The maximum absolute atomic E-state index is 12.7. The second-order valence-corrected chi connectivity index (χ2v) is 6.93. The SMILES string of the molecule is CCc1ccc(Cl)c2c(NS(C)(=O)=O)nn(CC(F)(F)F)c12. The Hall–Kier alpha value is -1.48. The van der Waals surface area contributed by atoms with Gasteiger partial charge in [0.15, 0.2) is 5.82 Å². The molecule has 2 rings (SSSR count). The van der Waals surface area contributed by atoms with Gasteiger partial charge in [-0.25, -0.2) is 8.42 Å². The van der Waals surface area contributed by atoms with Gasteiger partial charge < -0.3 is 0 Å². The fraction of sp³-hybridized carbons (Fsp3) is 0.417. The maximum Gasteiger partial charge on any atom is 0.408 e. The molecule has 10 heteroatoms. The van der Waals surface area contributed by atoms with E-state index >= 15 is 0 Å². The number of nitrogens with zero attached hydrogens (tertiary/aromatic N) is 2. The molecule has 0 aliphatic rings. The minimum atomic E-state index is -4.49. The summed E-state index contributed by atoms with van der Waals surface area (Å²) in [4.78, 5) is 0. The molecule has 0 spiro atoms. The molecule has 22 heavy (non-hydrogen) atoms. The van der Waals surface area contributed by atoms with Gasteiger partial charge in [0.25, 0.3) is 0 Å². The van der Waals surface area contributed by atoms with Gasteiger partial charge >= 0.3 is 6.18 Å². The zero-order valence-corrected chi connectivity index (χ0v) is 13.3. The number of fused-ring (bicyclic) bond motifs is 1. The Bertz CT molecular complexity index is 815.